The van der Waals surface area contributed by atoms with Crippen LogP contribution in [0.5, 0.6) is 0 Å². The Morgan fingerprint density at radius 1 is 1.16 bits per heavy atom. The highest BCUT2D eigenvalue weighted by molar-refractivity contribution is 7.94. The van der Waals surface area contributed by atoms with E-state index < -0.39 is 15.8 Å². The second-order valence-corrected chi connectivity index (χ2v) is 7.33. The molecule has 0 saturated heterocycles. The zero-order valence-corrected chi connectivity index (χ0v) is 12.9. The molecule has 4 heteroatoms. The van der Waals surface area contributed by atoms with Crippen LogP contribution in [0.25, 0.3) is 0 Å². The fraction of sp³-hybridized carbons (Fsp3) is 0.600. The first-order valence-corrected chi connectivity index (χ1v) is 8.55. The fourth-order valence-corrected chi connectivity index (χ4v) is 4.86. The standard InChI is InChI=1S/C15H25NO2S/c1-4-9-14(17)15(10-5-2)19(18,16-3)13-11-7-6-8-12-13/h6-8,11-12,14-15,17H,4-5,9-10H2,1-3H3/t14-,15+,19?/m0/s1. The summed E-state index contributed by atoms with van der Waals surface area (Å²) in [7, 11) is -0.961. The van der Waals surface area contributed by atoms with Crippen molar-refractivity contribution in [2.75, 3.05) is 7.05 Å². The molecule has 1 unspecified atom stereocenters. The minimum Gasteiger partial charge on any atom is -0.392 e. The SMILES string of the molecule is CCC[C@H]([C@@H](O)CCC)S(=O)(=NC)c1ccccc1. The van der Waals surface area contributed by atoms with Gasteiger partial charge in [0.15, 0.2) is 0 Å². The van der Waals surface area contributed by atoms with Crippen LogP contribution in [0.1, 0.15) is 39.5 Å². The number of hydrogen-bond acceptors (Lipinski definition) is 3. The van der Waals surface area contributed by atoms with Gasteiger partial charge in [0.25, 0.3) is 0 Å². The van der Waals surface area contributed by atoms with Gasteiger partial charge in [-0.25, -0.2) is 8.57 Å². The van der Waals surface area contributed by atoms with Gasteiger partial charge in [-0.2, -0.15) is 0 Å². The second-order valence-electron chi connectivity index (χ2n) is 4.75. The van der Waals surface area contributed by atoms with Crippen molar-refractivity contribution in [3.05, 3.63) is 30.3 Å². The molecule has 0 aromatic heterocycles. The first-order chi connectivity index (χ1) is 9.10. The molecule has 1 aromatic rings. The van der Waals surface area contributed by atoms with Crippen molar-refractivity contribution in [3.8, 4) is 0 Å². The largest absolute Gasteiger partial charge is 0.392 e. The van der Waals surface area contributed by atoms with E-state index in [0.29, 0.717) is 6.42 Å². The number of aliphatic hydroxyl groups is 1. The maximum Gasteiger partial charge on any atom is 0.0804 e. The Labute approximate surface area is 117 Å². The molecule has 0 aliphatic heterocycles. The van der Waals surface area contributed by atoms with Crippen molar-refractivity contribution >= 4 is 9.73 Å². The molecule has 1 N–H and O–H groups in total. The third-order valence-electron chi connectivity index (χ3n) is 3.35. The van der Waals surface area contributed by atoms with E-state index in [1.807, 2.05) is 44.2 Å². The molecular formula is C15H25NO2S. The molecule has 0 heterocycles. The molecule has 1 rings (SSSR count). The maximum atomic E-state index is 13.2. The van der Waals surface area contributed by atoms with Gasteiger partial charge in [0.05, 0.1) is 21.1 Å². The lowest BCUT2D eigenvalue weighted by molar-refractivity contribution is 0.154. The number of nitrogens with zero attached hydrogens (tertiary/aromatic N) is 1. The normalized spacial score (nSPS) is 17.5. The van der Waals surface area contributed by atoms with E-state index in [0.717, 1.165) is 24.2 Å². The highest BCUT2D eigenvalue weighted by atomic mass is 32.2. The summed E-state index contributed by atoms with van der Waals surface area (Å²) in [6.07, 6.45) is 2.62. The van der Waals surface area contributed by atoms with Crippen LogP contribution in [-0.2, 0) is 9.73 Å². The Bertz CT molecular complexity index is 478. The second kappa shape index (κ2) is 7.65. The maximum absolute atomic E-state index is 13.2. The predicted molar refractivity (Wildman–Crippen MR) is 80.8 cm³/mol. The van der Waals surface area contributed by atoms with Gasteiger partial charge in [0, 0.05) is 11.9 Å². The molecule has 108 valence electrons. The Morgan fingerprint density at radius 3 is 2.21 bits per heavy atom. The van der Waals surface area contributed by atoms with E-state index in [1.54, 1.807) is 7.05 Å². The van der Waals surface area contributed by atoms with E-state index in [4.69, 9.17) is 0 Å². The smallest absolute Gasteiger partial charge is 0.0804 e. The quantitative estimate of drug-likeness (QED) is 0.833. The van der Waals surface area contributed by atoms with E-state index >= 15 is 0 Å². The van der Waals surface area contributed by atoms with Gasteiger partial charge in [-0.3, -0.25) is 0 Å². The van der Waals surface area contributed by atoms with Gasteiger partial charge >= 0.3 is 0 Å². The zero-order chi connectivity index (χ0) is 14.3. The molecule has 0 bridgehead atoms. The summed E-state index contributed by atoms with van der Waals surface area (Å²) >= 11 is 0. The summed E-state index contributed by atoms with van der Waals surface area (Å²) < 4.78 is 17.4. The Morgan fingerprint density at radius 2 is 1.74 bits per heavy atom. The van der Waals surface area contributed by atoms with Gasteiger partial charge in [0.1, 0.15) is 0 Å². The molecule has 0 saturated carbocycles. The van der Waals surface area contributed by atoms with E-state index in [2.05, 4.69) is 4.36 Å². The van der Waals surface area contributed by atoms with E-state index in [1.165, 1.54) is 0 Å². The Hall–Kier alpha value is -0.870. The van der Waals surface area contributed by atoms with Crippen molar-refractivity contribution in [3.63, 3.8) is 0 Å². The van der Waals surface area contributed by atoms with Crippen LogP contribution < -0.4 is 0 Å². The molecule has 0 spiro atoms. The molecule has 1 aromatic carbocycles. The zero-order valence-electron chi connectivity index (χ0n) is 12.1. The van der Waals surface area contributed by atoms with Crippen LogP contribution in [0.3, 0.4) is 0 Å². The van der Waals surface area contributed by atoms with E-state index in [-0.39, 0.29) is 5.25 Å². The topological polar surface area (TPSA) is 49.7 Å². The van der Waals surface area contributed by atoms with Crippen LogP contribution >= 0.6 is 0 Å². The average Bonchev–Trinajstić information content (AvgIpc) is 2.45. The molecule has 0 fully saturated rings. The fourth-order valence-electron chi connectivity index (χ4n) is 2.36. The average molecular weight is 283 g/mol. The van der Waals surface area contributed by atoms with Crippen molar-refractivity contribution in [1.82, 2.24) is 0 Å². The van der Waals surface area contributed by atoms with Gasteiger partial charge in [-0.1, -0.05) is 44.9 Å². The molecular weight excluding hydrogens is 258 g/mol. The lowest BCUT2D eigenvalue weighted by Crippen LogP contribution is -2.34. The van der Waals surface area contributed by atoms with Crippen LogP contribution in [0.2, 0.25) is 0 Å². The molecule has 19 heavy (non-hydrogen) atoms. The highest BCUT2D eigenvalue weighted by Gasteiger charge is 2.30. The molecule has 3 nitrogen and oxygen atoms in total. The third kappa shape index (κ3) is 3.80. The predicted octanol–water partition coefficient (Wildman–Crippen LogP) is 3.47. The van der Waals surface area contributed by atoms with Crippen LogP contribution in [0, 0.1) is 0 Å². The monoisotopic (exact) mass is 283 g/mol. The molecule has 0 radical (unpaired) electrons. The number of hydrogen-bond donors (Lipinski definition) is 1. The lowest BCUT2D eigenvalue weighted by Gasteiger charge is -2.26. The van der Waals surface area contributed by atoms with Gasteiger partial charge < -0.3 is 5.11 Å². The summed E-state index contributed by atoms with van der Waals surface area (Å²) in [5.74, 6) is 0. The number of benzene rings is 1. The summed E-state index contributed by atoms with van der Waals surface area (Å²) in [5.41, 5.74) is 0. The van der Waals surface area contributed by atoms with Crippen molar-refractivity contribution in [1.29, 1.82) is 0 Å². The Kier molecular flexibility index (Phi) is 6.52. The van der Waals surface area contributed by atoms with E-state index in [9.17, 15) is 9.32 Å². The molecule has 0 aliphatic rings. The highest BCUT2D eigenvalue weighted by Crippen LogP contribution is 2.26. The van der Waals surface area contributed by atoms with Crippen LogP contribution in [0.15, 0.2) is 39.6 Å². The van der Waals surface area contributed by atoms with Crippen molar-refractivity contribution in [2.24, 2.45) is 4.36 Å². The van der Waals surface area contributed by atoms with Gasteiger partial charge in [-0.05, 0) is 25.0 Å². The minimum absolute atomic E-state index is 0.287. The van der Waals surface area contributed by atoms with Gasteiger partial charge in [-0.15, -0.1) is 0 Å². The lowest BCUT2D eigenvalue weighted by atomic mass is 10.1. The van der Waals surface area contributed by atoms with Crippen LogP contribution in [0.4, 0.5) is 0 Å². The molecule has 0 aliphatic carbocycles. The van der Waals surface area contributed by atoms with Crippen molar-refractivity contribution < 1.29 is 9.32 Å². The summed E-state index contributed by atoms with van der Waals surface area (Å²) in [4.78, 5) is 0.728. The first-order valence-electron chi connectivity index (χ1n) is 6.97. The Balaban J connectivity index is 3.20. The van der Waals surface area contributed by atoms with Crippen molar-refractivity contribution in [2.45, 2.75) is 55.8 Å². The third-order valence-corrected chi connectivity index (χ3v) is 6.21. The number of aliphatic hydroxyl groups excluding tert-OH is 1. The summed E-state index contributed by atoms with van der Waals surface area (Å²) in [6.45, 7) is 4.08. The first kappa shape index (κ1) is 16.2. The van der Waals surface area contributed by atoms with Gasteiger partial charge in [0.2, 0.25) is 0 Å². The number of rotatable bonds is 7. The summed E-state index contributed by atoms with van der Waals surface area (Å²) in [6, 6.07) is 9.33. The minimum atomic E-state index is -2.56. The molecule has 0 amide bonds. The summed E-state index contributed by atoms with van der Waals surface area (Å²) in [5, 5.41) is 10.0. The van der Waals surface area contributed by atoms with Crippen LogP contribution in [-0.4, -0.2) is 27.7 Å². The molecule has 3 atom stereocenters.